The first-order valence-electron chi connectivity index (χ1n) is 5.16. The molecule has 1 aromatic carbocycles. The molecule has 0 saturated carbocycles. The molecule has 88 valence electrons. The van der Waals surface area contributed by atoms with E-state index in [1.165, 1.54) is 0 Å². The number of aromatic amines is 1. The summed E-state index contributed by atoms with van der Waals surface area (Å²) in [5, 5.41) is 9.48. The first-order chi connectivity index (χ1) is 8.06. The predicted molar refractivity (Wildman–Crippen MR) is 70.2 cm³/mol. The lowest BCUT2D eigenvalue weighted by atomic mass is 10.1. The zero-order chi connectivity index (χ0) is 12.4. The fourth-order valence-electron chi connectivity index (χ4n) is 1.55. The lowest BCUT2D eigenvalue weighted by Gasteiger charge is -2.05. The zero-order valence-electron chi connectivity index (χ0n) is 9.54. The fraction of sp³-hybridized carbons (Fsp3) is 0.167. The van der Waals surface area contributed by atoms with E-state index in [1.807, 2.05) is 26.0 Å². The lowest BCUT2D eigenvalue weighted by molar-refractivity contribution is 0.102. The lowest BCUT2D eigenvalue weighted by Crippen LogP contribution is -2.13. The molecule has 0 spiro atoms. The first kappa shape index (κ1) is 11.9. The third kappa shape index (κ3) is 2.74. The summed E-state index contributed by atoms with van der Waals surface area (Å²) < 4.78 is 0.960. The Morgan fingerprint density at radius 1 is 1.35 bits per heavy atom. The highest BCUT2D eigenvalue weighted by molar-refractivity contribution is 9.10. The Balaban J connectivity index is 2.20. The SMILES string of the molecule is Cc1cc(NC(=O)c2ccc(Br)cc2C)n[nH]1. The second-order valence-electron chi connectivity index (χ2n) is 3.85. The topological polar surface area (TPSA) is 57.8 Å². The molecule has 0 aliphatic rings. The van der Waals surface area contributed by atoms with Crippen molar-refractivity contribution in [3.8, 4) is 0 Å². The summed E-state index contributed by atoms with van der Waals surface area (Å²) in [6.07, 6.45) is 0. The maximum atomic E-state index is 12.0. The molecular weight excluding hydrogens is 282 g/mol. The number of amides is 1. The van der Waals surface area contributed by atoms with Crippen LogP contribution in [0.2, 0.25) is 0 Å². The van der Waals surface area contributed by atoms with Crippen LogP contribution >= 0.6 is 15.9 Å². The van der Waals surface area contributed by atoms with Crippen LogP contribution in [0.3, 0.4) is 0 Å². The Labute approximate surface area is 108 Å². The van der Waals surface area contributed by atoms with Crippen molar-refractivity contribution in [1.29, 1.82) is 0 Å². The smallest absolute Gasteiger partial charge is 0.257 e. The van der Waals surface area contributed by atoms with Crippen molar-refractivity contribution in [3.05, 3.63) is 45.6 Å². The molecule has 0 aliphatic carbocycles. The number of nitrogens with one attached hydrogen (secondary N) is 2. The van der Waals surface area contributed by atoms with E-state index in [-0.39, 0.29) is 5.91 Å². The van der Waals surface area contributed by atoms with Crippen LogP contribution in [0.5, 0.6) is 0 Å². The van der Waals surface area contributed by atoms with Gasteiger partial charge in [-0.3, -0.25) is 9.89 Å². The molecule has 2 N–H and O–H groups in total. The maximum Gasteiger partial charge on any atom is 0.257 e. The van der Waals surface area contributed by atoms with E-state index < -0.39 is 0 Å². The van der Waals surface area contributed by atoms with E-state index in [9.17, 15) is 4.79 Å². The maximum absolute atomic E-state index is 12.0. The van der Waals surface area contributed by atoms with Crippen molar-refractivity contribution < 1.29 is 4.79 Å². The number of carbonyl (C=O) groups excluding carboxylic acids is 1. The van der Waals surface area contributed by atoms with E-state index in [2.05, 4.69) is 31.4 Å². The molecule has 5 heteroatoms. The van der Waals surface area contributed by atoms with Crippen LogP contribution in [-0.2, 0) is 0 Å². The van der Waals surface area contributed by atoms with Crippen molar-refractivity contribution in [2.45, 2.75) is 13.8 Å². The molecule has 2 aromatic rings. The average Bonchev–Trinajstić information content (AvgIpc) is 2.63. The van der Waals surface area contributed by atoms with Gasteiger partial charge in [0.05, 0.1) is 0 Å². The number of benzene rings is 1. The summed E-state index contributed by atoms with van der Waals surface area (Å²) in [7, 11) is 0. The molecule has 1 heterocycles. The molecule has 0 bridgehead atoms. The van der Waals surface area contributed by atoms with Gasteiger partial charge in [0.15, 0.2) is 5.82 Å². The molecule has 0 atom stereocenters. The van der Waals surface area contributed by atoms with Gasteiger partial charge in [0.1, 0.15) is 0 Å². The monoisotopic (exact) mass is 293 g/mol. The number of carbonyl (C=O) groups is 1. The van der Waals surface area contributed by atoms with E-state index in [0.29, 0.717) is 11.4 Å². The van der Waals surface area contributed by atoms with E-state index in [0.717, 1.165) is 15.7 Å². The minimum atomic E-state index is -0.151. The number of aryl methyl sites for hydroxylation is 2. The summed E-state index contributed by atoms with van der Waals surface area (Å²) in [6.45, 7) is 3.78. The third-order valence-electron chi connectivity index (χ3n) is 2.38. The molecule has 2 rings (SSSR count). The molecule has 0 fully saturated rings. The second kappa shape index (κ2) is 4.71. The summed E-state index contributed by atoms with van der Waals surface area (Å²) in [5.41, 5.74) is 2.48. The van der Waals surface area contributed by atoms with Crippen molar-refractivity contribution in [3.63, 3.8) is 0 Å². The average molecular weight is 294 g/mol. The van der Waals surface area contributed by atoms with Crippen LogP contribution in [0, 0.1) is 13.8 Å². The van der Waals surface area contributed by atoms with Crippen LogP contribution < -0.4 is 5.32 Å². The van der Waals surface area contributed by atoms with Gasteiger partial charge in [0.25, 0.3) is 5.91 Å². The van der Waals surface area contributed by atoms with Gasteiger partial charge in [0.2, 0.25) is 0 Å². The van der Waals surface area contributed by atoms with Crippen LogP contribution in [-0.4, -0.2) is 16.1 Å². The standard InChI is InChI=1S/C12H12BrN3O/c1-7-5-9(13)3-4-10(7)12(17)14-11-6-8(2)15-16-11/h3-6H,1-2H3,(H2,14,15,16,17). The third-order valence-corrected chi connectivity index (χ3v) is 2.87. The Bertz CT molecular complexity index is 563. The number of hydrogen-bond acceptors (Lipinski definition) is 2. The summed E-state index contributed by atoms with van der Waals surface area (Å²) in [6, 6.07) is 7.32. The molecule has 0 radical (unpaired) electrons. The van der Waals surface area contributed by atoms with E-state index in [4.69, 9.17) is 0 Å². The van der Waals surface area contributed by atoms with Gasteiger partial charge in [-0.25, -0.2) is 0 Å². The second-order valence-corrected chi connectivity index (χ2v) is 4.77. The van der Waals surface area contributed by atoms with Crippen LogP contribution in [0.25, 0.3) is 0 Å². The minimum absolute atomic E-state index is 0.151. The molecule has 0 aliphatic heterocycles. The first-order valence-corrected chi connectivity index (χ1v) is 5.95. The van der Waals surface area contributed by atoms with Gasteiger partial charge in [-0.15, -0.1) is 0 Å². The normalized spacial score (nSPS) is 10.3. The molecule has 0 saturated heterocycles. The molecule has 0 unspecified atom stereocenters. The van der Waals surface area contributed by atoms with Gasteiger partial charge in [-0.1, -0.05) is 15.9 Å². The van der Waals surface area contributed by atoms with Gasteiger partial charge >= 0.3 is 0 Å². The molecule has 4 nitrogen and oxygen atoms in total. The Hall–Kier alpha value is -1.62. The van der Waals surface area contributed by atoms with Crippen LogP contribution in [0.4, 0.5) is 5.82 Å². The number of halogens is 1. The molecule has 1 amide bonds. The van der Waals surface area contributed by atoms with Crippen molar-refractivity contribution >= 4 is 27.7 Å². The zero-order valence-corrected chi connectivity index (χ0v) is 11.1. The number of anilines is 1. The highest BCUT2D eigenvalue weighted by atomic mass is 79.9. The van der Waals surface area contributed by atoms with Crippen LogP contribution in [0.15, 0.2) is 28.7 Å². The van der Waals surface area contributed by atoms with Gasteiger partial charge in [0, 0.05) is 21.8 Å². The molecule has 17 heavy (non-hydrogen) atoms. The number of aromatic nitrogens is 2. The molecule has 1 aromatic heterocycles. The quantitative estimate of drug-likeness (QED) is 0.894. The summed E-state index contributed by atoms with van der Waals surface area (Å²) in [4.78, 5) is 12.0. The number of H-pyrrole nitrogens is 1. The number of nitrogens with zero attached hydrogens (tertiary/aromatic N) is 1. The van der Waals surface area contributed by atoms with E-state index in [1.54, 1.807) is 12.1 Å². The highest BCUT2D eigenvalue weighted by Crippen LogP contribution is 2.17. The van der Waals surface area contributed by atoms with Crippen molar-refractivity contribution in [1.82, 2.24) is 10.2 Å². The fourth-order valence-corrected chi connectivity index (χ4v) is 2.02. The van der Waals surface area contributed by atoms with Gasteiger partial charge in [-0.05, 0) is 37.6 Å². The van der Waals surface area contributed by atoms with Crippen molar-refractivity contribution in [2.75, 3.05) is 5.32 Å². The number of rotatable bonds is 2. The summed E-state index contributed by atoms with van der Waals surface area (Å²) in [5.74, 6) is 0.385. The van der Waals surface area contributed by atoms with Gasteiger partial charge in [-0.2, -0.15) is 5.10 Å². The van der Waals surface area contributed by atoms with E-state index >= 15 is 0 Å². The van der Waals surface area contributed by atoms with Gasteiger partial charge < -0.3 is 5.32 Å². The van der Waals surface area contributed by atoms with Crippen molar-refractivity contribution in [2.24, 2.45) is 0 Å². The summed E-state index contributed by atoms with van der Waals surface area (Å²) >= 11 is 3.37. The Kier molecular flexibility index (Phi) is 3.28. The highest BCUT2D eigenvalue weighted by Gasteiger charge is 2.10. The Morgan fingerprint density at radius 3 is 2.71 bits per heavy atom. The minimum Gasteiger partial charge on any atom is -0.305 e. The Morgan fingerprint density at radius 2 is 2.12 bits per heavy atom. The van der Waals surface area contributed by atoms with Crippen LogP contribution in [0.1, 0.15) is 21.6 Å². The predicted octanol–water partition coefficient (Wildman–Crippen LogP) is 3.04. The number of hydrogen-bond donors (Lipinski definition) is 2. The largest absolute Gasteiger partial charge is 0.305 e. The molecular formula is C12H12BrN3O.